The van der Waals surface area contributed by atoms with Crippen molar-refractivity contribution in [3.63, 3.8) is 0 Å². The Balaban J connectivity index is 3.37. The summed E-state index contributed by atoms with van der Waals surface area (Å²) < 4.78 is 5.47. The normalized spacial score (nSPS) is 12.6. The second-order valence-corrected chi connectivity index (χ2v) is 20.3. The molecule has 0 aromatic carbocycles. The van der Waals surface area contributed by atoms with E-state index in [4.69, 9.17) is 4.74 Å². The first-order valence-electron chi connectivity index (χ1n) is 29.4. The fraction of sp³-hybridized carbons (Fsp3) is 0.932. The van der Waals surface area contributed by atoms with Gasteiger partial charge in [-0.25, -0.2) is 0 Å². The predicted octanol–water partition coefficient (Wildman–Crippen LogP) is 18.1. The number of ether oxygens (including phenoxy) is 1. The van der Waals surface area contributed by atoms with Crippen molar-refractivity contribution < 1.29 is 24.5 Å². The van der Waals surface area contributed by atoms with E-state index in [0.29, 0.717) is 25.9 Å². The molecule has 0 aliphatic carbocycles. The topological polar surface area (TPSA) is 95.9 Å². The Kier molecular flexibility index (Phi) is 54.0. The molecule has 65 heavy (non-hydrogen) atoms. The highest BCUT2D eigenvalue weighted by Crippen LogP contribution is 2.18. The van der Waals surface area contributed by atoms with Crippen LogP contribution in [0.15, 0.2) is 12.2 Å². The van der Waals surface area contributed by atoms with Crippen LogP contribution in [0.2, 0.25) is 0 Å². The minimum atomic E-state index is -0.663. The number of aliphatic hydroxyl groups excluding tert-OH is 2. The molecule has 2 unspecified atom stereocenters. The molecule has 386 valence electrons. The number of hydrogen-bond donors (Lipinski definition) is 3. The van der Waals surface area contributed by atoms with Crippen LogP contribution in [-0.2, 0) is 14.3 Å². The number of nitrogens with one attached hydrogen (secondary N) is 1. The van der Waals surface area contributed by atoms with Gasteiger partial charge in [-0.3, -0.25) is 9.59 Å². The summed E-state index contributed by atoms with van der Waals surface area (Å²) in [7, 11) is 0. The molecule has 0 aliphatic rings. The van der Waals surface area contributed by atoms with Crippen molar-refractivity contribution in [2.45, 2.75) is 341 Å². The lowest BCUT2D eigenvalue weighted by Gasteiger charge is -2.22. The second kappa shape index (κ2) is 55.2. The van der Waals surface area contributed by atoms with Crippen molar-refractivity contribution in [1.29, 1.82) is 0 Å². The maximum absolute atomic E-state index is 12.5. The number of unbranched alkanes of at least 4 members (excludes halogenated alkanes) is 42. The Morgan fingerprint density at radius 3 is 1.09 bits per heavy atom. The second-order valence-electron chi connectivity index (χ2n) is 20.3. The van der Waals surface area contributed by atoms with Crippen LogP contribution in [0.1, 0.15) is 328 Å². The van der Waals surface area contributed by atoms with E-state index < -0.39 is 12.1 Å². The molecule has 3 N–H and O–H groups in total. The zero-order valence-electron chi connectivity index (χ0n) is 44.0. The van der Waals surface area contributed by atoms with Gasteiger partial charge in [0.15, 0.2) is 0 Å². The average Bonchev–Trinajstić information content (AvgIpc) is 3.31. The van der Waals surface area contributed by atoms with Crippen molar-refractivity contribution in [3.8, 4) is 0 Å². The lowest BCUT2D eigenvalue weighted by atomic mass is 10.0. The zero-order chi connectivity index (χ0) is 47.2. The maximum atomic E-state index is 12.5. The van der Waals surface area contributed by atoms with Gasteiger partial charge in [-0.15, -0.1) is 0 Å². The van der Waals surface area contributed by atoms with Gasteiger partial charge in [-0.1, -0.05) is 276 Å². The summed E-state index contributed by atoms with van der Waals surface area (Å²) >= 11 is 0. The molecule has 0 saturated carbocycles. The van der Waals surface area contributed by atoms with Gasteiger partial charge in [0.1, 0.15) is 0 Å². The van der Waals surface area contributed by atoms with Crippen LogP contribution in [0.25, 0.3) is 0 Å². The Labute approximate surface area is 406 Å². The summed E-state index contributed by atoms with van der Waals surface area (Å²) in [6.07, 6.45) is 64.9. The molecule has 0 aliphatic heterocycles. The fourth-order valence-electron chi connectivity index (χ4n) is 9.28. The molecule has 0 bridgehead atoms. The van der Waals surface area contributed by atoms with Crippen molar-refractivity contribution in [2.75, 3.05) is 13.2 Å². The predicted molar refractivity (Wildman–Crippen MR) is 283 cm³/mol. The average molecular weight is 919 g/mol. The first-order chi connectivity index (χ1) is 32.0. The number of aliphatic hydroxyl groups is 2. The van der Waals surface area contributed by atoms with Gasteiger partial charge in [0.25, 0.3) is 0 Å². The number of hydrogen-bond acceptors (Lipinski definition) is 5. The summed E-state index contributed by atoms with van der Waals surface area (Å²) in [5, 5.41) is 23.2. The first kappa shape index (κ1) is 63.6. The molecule has 0 radical (unpaired) electrons. The van der Waals surface area contributed by atoms with Gasteiger partial charge >= 0.3 is 5.97 Å². The molecule has 6 nitrogen and oxygen atoms in total. The quantitative estimate of drug-likeness (QED) is 0.0321. The first-order valence-corrected chi connectivity index (χ1v) is 29.4. The van der Waals surface area contributed by atoms with Crippen LogP contribution in [-0.4, -0.2) is 47.4 Å². The standard InChI is InChI=1S/C59H115NO5/c1-3-5-7-9-11-13-15-17-29-33-37-41-45-49-53-59(64)65-54-50-46-42-38-34-30-26-24-22-20-18-19-21-23-25-28-32-36-40-44-48-52-58(63)60-56(55-61)57(62)51-47-43-39-35-31-27-16-14-12-10-8-6-4-2/h15,17,56-57,61-62H,3-14,16,18-55H2,1-2H3,(H,60,63)/b17-15-. The van der Waals surface area contributed by atoms with E-state index >= 15 is 0 Å². The Morgan fingerprint density at radius 1 is 0.415 bits per heavy atom. The molecular weight excluding hydrogens is 803 g/mol. The highest BCUT2D eigenvalue weighted by Gasteiger charge is 2.20. The molecule has 0 aromatic rings. The molecule has 6 heteroatoms. The van der Waals surface area contributed by atoms with Crippen LogP contribution in [0, 0.1) is 0 Å². The van der Waals surface area contributed by atoms with Gasteiger partial charge in [0.05, 0.1) is 25.4 Å². The Morgan fingerprint density at radius 2 is 0.723 bits per heavy atom. The smallest absolute Gasteiger partial charge is 0.305 e. The molecule has 0 fully saturated rings. The van der Waals surface area contributed by atoms with E-state index in [2.05, 4.69) is 31.3 Å². The summed E-state index contributed by atoms with van der Waals surface area (Å²) in [5.74, 6) is -0.0308. The SMILES string of the molecule is CCCCCCC/C=C\CCCCCCCC(=O)OCCCCCCCCCCCCCCCCCCCCCCCC(=O)NC(CO)C(O)CCCCCCCCCCCCCCC. The van der Waals surface area contributed by atoms with E-state index in [0.717, 1.165) is 44.9 Å². The lowest BCUT2D eigenvalue weighted by molar-refractivity contribution is -0.143. The minimum Gasteiger partial charge on any atom is -0.466 e. The lowest BCUT2D eigenvalue weighted by Crippen LogP contribution is -2.45. The van der Waals surface area contributed by atoms with Crippen LogP contribution in [0.3, 0.4) is 0 Å². The number of amides is 1. The third-order valence-corrected chi connectivity index (χ3v) is 13.8. The van der Waals surface area contributed by atoms with Crippen molar-refractivity contribution >= 4 is 11.9 Å². The Bertz CT molecular complexity index is 970. The van der Waals surface area contributed by atoms with Crippen molar-refractivity contribution in [2.24, 2.45) is 0 Å². The van der Waals surface area contributed by atoms with Gasteiger partial charge < -0.3 is 20.3 Å². The van der Waals surface area contributed by atoms with Crippen LogP contribution < -0.4 is 5.32 Å². The number of carbonyl (C=O) groups excluding carboxylic acids is 2. The highest BCUT2D eigenvalue weighted by atomic mass is 16.5. The molecule has 0 saturated heterocycles. The minimum absolute atomic E-state index is 0.00393. The number of carbonyl (C=O) groups is 2. The van der Waals surface area contributed by atoms with Crippen molar-refractivity contribution in [1.82, 2.24) is 5.32 Å². The molecule has 0 rings (SSSR count). The van der Waals surface area contributed by atoms with Crippen LogP contribution >= 0.6 is 0 Å². The molecule has 0 aromatic heterocycles. The van der Waals surface area contributed by atoms with Crippen molar-refractivity contribution in [3.05, 3.63) is 12.2 Å². The fourth-order valence-corrected chi connectivity index (χ4v) is 9.28. The third kappa shape index (κ3) is 51.8. The van der Waals surface area contributed by atoms with E-state index in [9.17, 15) is 19.8 Å². The highest BCUT2D eigenvalue weighted by molar-refractivity contribution is 5.76. The molecule has 0 spiro atoms. The number of esters is 1. The van der Waals surface area contributed by atoms with Crippen LogP contribution in [0.4, 0.5) is 0 Å². The Hall–Kier alpha value is -1.40. The summed E-state index contributed by atoms with van der Waals surface area (Å²) in [5.41, 5.74) is 0. The van der Waals surface area contributed by atoms with Gasteiger partial charge in [-0.2, -0.15) is 0 Å². The zero-order valence-corrected chi connectivity index (χ0v) is 44.0. The summed E-state index contributed by atoms with van der Waals surface area (Å²) in [6, 6.07) is -0.541. The van der Waals surface area contributed by atoms with E-state index in [1.807, 2.05) is 0 Å². The third-order valence-electron chi connectivity index (χ3n) is 13.8. The van der Waals surface area contributed by atoms with Crippen LogP contribution in [0.5, 0.6) is 0 Å². The largest absolute Gasteiger partial charge is 0.466 e. The summed E-state index contributed by atoms with van der Waals surface area (Å²) in [4.78, 5) is 24.5. The monoisotopic (exact) mass is 918 g/mol. The number of allylic oxidation sites excluding steroid dienone is 2. The molecule has 1 amide bonds. The molecule has 2 atom stereocenters. The van der Waals surface area contributed by atoms with Gasteiger partial charge in [0, 0.05) is 12.8 Å². The van der Waals surface area contributed by atoms with Gasteiger partial charge in [0.2, 0.25) is 5.91 Å². The van der Waals surface area contributed by atoms with E-state index in [1.54, 1.807) is 0 Å². The number of rotatable bonds is 55. The van der Waals surface area contributed by atoms with E-state index in [-0.39, 0.29) is 18.5 Å². The summed E-state index contributed by atoms with van der Waals surface area (Å²) in [6.45, 7) is 4.95. The molecule has 0 heterocycles. The molecular formula is C59H115NO5. The van der Waals surface area contributed by atoms with E-state index in [1.165, 1.54) is 250 Å². The maximum Gasteiger partial charge on any atom is 0.305 e. The van der Waals surface area contributed by atoms with Gasteiger partial charge in [-0.05, 0) is 51.4 Å².